The van der Waals surface area contributed by atoms with Crippen LogP contribution >= 0.6 is 0 Å². The number of carbonyl (C=O) groups excluding carboxylic acids is 2. The van der Waals surface area contributed by atoms with Crippen LogP contribution < -0.4 is 5.32 Å². The highest BCUT2D eigenvalue weighted by Gasteiger charge is 2.10. The normalized spacial score (nSPS) is 10.5. The first-order valence-corrected chi connectivity index (χ1v) is 8.19. The first-order chi connectivity index (χ1) is 11.5. The largest absolute Gasteiger partial charge is 0.462 e. The van der Waals surface area contributed by atoms with Gasteiger partial charge < -0.3 is 10.1 Å². The lowest BCUT2D eigenvalue weighted by atomic mass is 10.0. The van der Waals surface area contributed by atoms with Gasteiger partial charge in [-0.2, -0.15) is 0 Å². The van der Waals surface area contributed by atoms with Gasteiger partial charge in [0.15, 0.2) is 0 Å². The Morgan fingerprint density at radius 2 is 1.75 bits per heavy atom. The van der Waals surface area contributed by atoms with E-state index in [0.717, 1.165) is 6.42 Å². The van der Waals surface area contributed by atoms with Crippen molar-refractivity contribution in [3.63, 3.8) is 0 Å². The lowest BCUT2D eigenvalue weighted by Crippen LogP contribution is -2.13. The molecule has 0 aliphatic heterocycles. The third-order valence-electron chi connectivity index (χ3n) is 3.63. The van der Waals surface area contributed by atoms with Crippen molar-refractivity contribution in [2.75, 3.05) is 11.9 Å². The van der Waals surface area contributed by atoms with Crippen molar-refractivity contribution < 1.29 is 14.3 Å². The summed E-state index contributed by atoms with van der Waals surface area (Å²) in [6.07, 6.45) is 0.772. The molecule has 0 spiro atoms. The number of amides is 1. The number of hydrogen-bond donors (Lipinski definition) is 1. The van der Waals surface area contributed by atoms with Crippen LogP contribution in [0.5, 0.6) is 0 Å². The highest BCUT2D eigenvalue weighted by molar-refractivity contribution is 6.04. The summed E-state index contributed by atoms with van der Waals surface area (Å²) in [4.78, 5) is 24.2. The molecule has 0 fully saturated rings. The van der Waals surface area contributed by atoms with E-state index in [1.807, 2.05) is 31.2 Å². The van der Waals surface area contributed by atoms with Gasteiger partial charge in [0, 0.05) is 11.3 Å². The van der Waals surface area contributed by atoms with Gasteiger partial charge in [-0.25, -0.2) is 4.79 Å². The molecule has 4 nitrogen and oxygen atoms in total. The third kappa shape index (κ3) is 4.69. The second-order valence-corrected chi connectivity index (χ2v) is 5.95. The van der Waals surface area contributed by atoms with Crippen molar-refractivity contribution in [2.45, 2.75) is 33.1 Å². The Morgan fingerprint density at radius 3 is 2.38 bits per heavy atom. The minimum atomic E-state index is -0.380. The van der Waals surface area contributed by atoms with Crippen molar-refractivity contribution in [1.29, 1.82) is 0 Å². The second-order valence-electron chi connectivity index (χ2n) is 5.95. The average molecular weight is 325 g/mol. The Bertz CT molecular complexity index is 705. The topological polar surface area (TPSA) is 55.4 Å². The third-order valence-corrected chi connectivity index (χ3v) is 3.63. The fourth-order valence-electron chi connectivity index (χ4n) is 2.22. The van der Waals surface area contributed by atoms with E-state index in [1.54, 1.807) is 24.3 Å². The summed E-state index contributed by atoms with van der Waals surface area (Å²) in [7, 11) is 0. The molecule has 1 amide bonds. The number of hydrogen-bond acceptors (Lipinski definition) is 3. The van der Waals surface area contributed by atoms with Gasteiger partial charge in [0.2, 0.25) is 0 Å². The van der Waals surface area contributed by atoms with Gasteiger partial charge in [-0.15, -0.1) is 0 Å². The predicted octanol–water partition coefficient (Wildman–Crippen LogP) is 4.63. The molecule has 4 heteroatoms. The highest BCUT2D eigenvalue weighted by Crippen LogP contribution is 2.17. The molecule has 0 radical (unpaired) electrons. The number of benzene rings is 2. The van der Waals surface area contributed by atoms with Crippen molar-refractivity contribution in [1.82, 2.24) is 0 Å². The number of rotatable bonds is 6. The molecule has 2 rings (SSSR count). The number of ether oxygens (including phenoxy) is 1. The molecule has 0 bridgehead atoms. The first-order valence-electron chi connectivity index (χ1n) is 8.19. The van der Waals surface area contributed by atoms with Crippen molar-refractivity contribution >= 4 is 17.6 Å². The SMILES string of the molecule is CCCOC(=O)c1cccc(NC(=O)c2ccc(C(C)C)cc2)c1. The van der Waals surface area contributed by atoms with Crippen LogP contribution in [0.2, 0.25) is 0 Å². The van der Waals surface area contributed by atoms with Crippen molar-refractivity contribution in [3.05, 3.63) is 65.2 Å². The van der Waals surface area contributed by atoms with Gasteiger partial charge in [0.25, 0.3) is 5.91 Å². The van der Waals surface area contributed by atoms with E-state index < -0.39 is 0 Å². The molecule has 0 saturated carbocycles. The quantitative estimate of drug-likeness (QED) is 0.788. The first kappa shape index (κ1) is 17.7. The minimum Gasteiger partial charge on any atom is -0.462 e. The monoisotopic (exact) mass is 325 g/mol. The standard InChI is InChI=1S/C20H23NO3/c1-4-12-24-20(23)17-6-5-7-18(13-17)21-19(22)16-10-8-15(9-11-16)14(2)3/h5-11,13-14H,4,12H2,1-3H3,(H,21,22). The lowest BCUT2D eigenvalue weighted by molar-refractivity contribution is 0.0505. The molecule has 0 aliphatic carbocycles. The van der Waals surface area contributed by atoms with E-state index in [9.17, 15) is 9.59 Å². The Labute approximate surface area is 142 Å². The van der Waals surface area contributed by atoms with Crippen LogP contribution in [0.3, 0.4) is 0 Å². The summed E-state index contributed by atoms with van der Waals surface area (Å²) in [6.45, 7) is 6.54. The van der Waals surface area contributed by atoms with Gasteiger partial charge in [0.1, 0.15) is 0 Å². The summed E-state index contributed by atoms with van der Waals surface area (Å²) in [6, 6.07) is 14.3. The molecule has 2 aromatic carbocycles. The van der Waals surface area contributed by atoms with E-state index in [2.05, 4.69) is 19.2 Å². The fourth-order valence-corrected chi connectivity index (χ4v) is 2.22. The predicted molar refractivity (Wildman–Crippen MR) is 95.5 cm³/mol. The van der Waals surface area contributed by atoms with Gasteiger partial charge in [0.05, 0.1) is 12.2 Å². The van der Waals surface area contributed by atoms with E-state index in [4.69, 9.17) is 4.74 Å². The fraction of sp³-hybridized carbons (Fsp3) is 0.300. The number of anilines is 1. The van der Waals surface area contributed by atoms with Gasteiger partial charge in [-0.3, -0.25) is 4.79 Å². The van der Waals surface area contributed by atoms with Crippen molar-refractivity contribution in [2.24, 2.45) is 0 Å². The molecule has 0 heterocycles. The molecule has 1 N–H and O–H groups in total. The zero-order valence-corrected chi connectivity index (χ0v) is 14.3. The summed E-state index contributed by atoms with van der Waals surface area (Å²) >= 11 is 0. The summed E-state index contributed by atoms with van der Waals surface area (Å²) in [5.74, 6) is -0.161. The van der Waals surface area contributed by atoms with Crippen LogP contribution in [0.1, 0.15) is 59.4 Å². The molecule has 126 valence electrons. The van der Waals surface area contributed by atoms with Gasteiger partial charge in [-0.05, 0) is 48.2 Å². The van der Waals surface area contributed by atoms with Crippen LogP contribution in [-0.4, -0.2) is 18.5 Å². The molecule has 0 atom stereocenters. The zero-order valence-electron chi connectivity index (χ0n) is 14.3. The Balaban J connectivity index is 2.07. The molecule has 0 unspecified atom stereocenters. The summed E-state index contributed by atoms with van der Waals surface area (Å²) < 4.78 is 5.11. The molecule has 0 saturated heterocycles. The molecule has 24 heavy (non-hydrogen) atoms. The van der Waals surface area contributed by atoms with Crippen LogP contribution in [0.4, 0.5) is 5.69 Å². The van der Waals surface area contributed by atoms with E-state index in [1.165, 1.54) is 5.56 Å². The minimum absolute atomic E-state index is 0.204. The Hall–Kier alpha value is -2.62. The van der Waals surface area contributed by atoms with Crippen molar-refractivity contribution in [3.8, 4) is 0 Å². The van der Waals surface area contributed by atoms with E-state index in [0.29, 0.717) is 29.3 Å². The summed E-state index contributed by atoms with van der Waals surface area (Å²) in [5, 5.41) is 2.81. The lowest BCUT2D eigenvalue weighted by Gasteiger charge is -2.09. The molecular weight excluding hydrogens is 302 g/mol. The summed E-state index contributed by atoms with van der Waals surface area (Å²) in [5.41, 5.74) is 2.76. The molecule has 2 aromatic rings. The Kier molecular flexibility index (Phi) is 6.13. The molecular formula is C20H23NO3. The van der Waals surface area contributed by atoms with Crippen LogP contribution in [0.25, 0.3) is 0 Å². The molecule has 0 aromatic heterocycles. The zero-order chi connectivity index (χ0) is 17.5. The molecule has 0 aliphatic rings. The van der Waals surface area contributed by atoms with E-state index in [-0.39, 0.29) is 11.9 Å². The maximum atomic E-state index is 12.3. The second kappa shape index (κ2) is 8.29. The highest BCUT2D eigenvalue weighted by atomic mass is 16.5. The number of esters is 1. The Morgan fingerprint density at radius 1 is 1.04 bits per heavy atom. The van der Waals surface area contributed by atoms with Gasteiger partial charge >= 0.3 is 5.97 Å². The maximum absolute atomic E-state index is 12.3. The number of carbonyl (C=O) groups is 2. The number of nitrogens with one attached hydrogen (secondary N) is 1. The average Bonchev–Trinajstić information content (AvgIpc) is 2.60. The van der Waals surface area contributed by atoms with Crippen LogP contribution in [-0.2, 0) is 4.74 Å². The van der Waals surface area contributed by atoms with E-state index >= 15 is 0 Å². The maximum Gasteiger partial charge on any atom is 0.338 e. The van der Waals surface area contributed by atoms with Gasteiger partial charge in [-0.1, -0.05) is 39.0 Å². The van der Waals surface area contributed by atoms with Crippen LogP contribution in [0, 0.1) is 0 Å². The van der Waals surface area contributed by atoms with Crippen LogP contribution in [0.15, 0.2) is 48.5 Å². The smallest absolute Gasteiger partial charge is 0.338 e.